The van der Waals surface area contributed by atoms with Crippen molar-refractivity contribution in [2.45, 2.75) is 6.61 Å². The van der Waals surface area contributed by atoms with Gasteiger partial charge in [0.1, 0.15) is 18.1 Å². The first-order valence-corrected chi connectivity index (χ1v) is 9.77. The van der Waals surface area contributed by atoms with E-state index in [1.54, 1.807) is 24.4 Å². The van der Waals surface area contributed by atoms with E-state index in [0.717, 1.165) is 27.8 Å². The predicted molar refractivity (Wildman–Crippen MR) is 117 cm³/mol. The molecule has 0 saturated carbocycles. The van der Waals surface area contributed by atoms with E-state index in [1.165, 1.54) is 0 Å². The van der Waals surface area contributed by atoms with Crippen LogP contribution in [0.15, 0.2) is 77.9 Å². The Morgan fingerprint density at radius 1 is 1.03 bits per heavy atom. The van der Waals surface area contributed by atoms with Crippen molar-refractivity contribution < 1.29 is 19.0 Å². The number of fused-ring (bicyclic) bond motifs is 2. The van der Waals surface area contributed by atoms with Gasteiger partial charge in [0.25, 0.3) is 5.91 Å². The highest BCUT2D eigenvalue weighted by molar-refractivity contribution is 5.98. The summed E-state index contributed by atoms with van der Waals surface area (Å²) in [6, 6.07) is 22.9. The lowest BCUT2D eigenvalue weighted by Gasteiger charge is -2.06. The van der Waals surface area contributed by atoms with Crippen LogP contribution in [0.25, 0.3) is 10.9 Å². The molecule has 0 spiro atoms. The first-order valence-electron chi connectivity index (χ1n) is 9.77. The smallest absolute Gasteiger partial charge is 0.287 e. The summed E-state index contributed by atoms with van der Waals surface area (Å²) in [5.41, 5.74) is 5.68. The molecule has 5 rings (SSSR count). The number of hydrogen-bond donors (Lipinski definition) is 2. The van der Waals surface area contributed by atoms with Gasteiger partial charge in [0.05, 0.1) is 6.21 Å². The van der Waals surface area contributed by atoms with Gasteiger partial charge in [-0.1, -0.05) is 30.3 Å². The summed E-state index contributed by atoms with van der Waals surface area (Å²) in [5.74, 6) is 1.77. The molecule has 3 aromatic carbocycles. The number of hydrogen-bond acceptors (Lipinski definition) is 5. The number of benzene rings is 3. The highest BCUT2D eigenvalue weighted by Crippen LogP contribution is 2.32. The quantitative estimate of drug-likeness (QED) is 0.366. The Kier molecular flexibility index (Phi) is 4.98. The highest BCUT2D eigenvalue weighted by atomic mass is 16.7. The number of hydrazone groups is 1. The van der Waals surface area contributed by atoms with Crippen molar-refractivity contribution in [1.82, 2.24) is 10.4 Å². The van der Waals surface area contributed by atoms with Crippen LogP contribution in [-0.4, -0.2) is 23.9 Å². The van der Waals surface area contributed by atoms with Crippen LogP contribution in [-0.2, 0) is 6.61 Å². The molecule has 2 heterocycles. The Morgan fingerprint density at radius 2 is 1.90 bits per heavy atom. The number of rotatable bonds is 6. The number of nitrogens with zero attached hydrogens (tertiary/aromatic N) is 1. The molecular formula is C24H19N3O4. The van der Waals surface area contributed by atoms with Crippen molar-refractivity contribution in [3.05, 3.63) is 89.6 Å². The molecule has 2 N–H and O–H groups in total. The standard InChI is InChI=1S/C24H19N3O4/c28-24(27-25-13-17-6-9-22-23(10-17)31-15-30-22)21-12-18-11-19(7-8-20(18)26-21)29-14-16-4-2-1-3-5-16/h1-13,26H,14-15H2,(H,27,28)/b25-13+. The third-order valence-electron chi connectivity index (χ3n) is 4.86. The van der Waals surface area contributed by atoms with Crippen LogP contribution in [0.2, 0.25) is 0 Å². The zero-order valence-electron chi connectivity index (χ0n) is 16.5. The molecule has 0 fully saturated rings. The number of carbonyl (C=O) groups is 1. The van der Waals surface area contributed by atoms with E-state index in [2.05, 4.69) is 15.5 Å². The van der Waals surface area contributed by atoms with Gasteiger partial charge in [-0.3, -0.25) is 4.79 Å². The van der Waals surface area contributed by atoms with Crippen molar-refractivity contribution >= 4 is 23.0 Å². The van der Waals surface area contributed by atoms with Gasteiger partial charge in [0.2, 0.25) is 6.79 Å². The molecule has 7 heteroatoms. The zero-order valence-corrected chi connectivity index (χ0v) is 16.5. The first-order chi connectivity index (χ1) is 15.2. The van der Waals surface area contributed by atoms with E-state index in [1.807, 2.05) is 54.6 Å². The minimum atomic E-state index is -0.333. The number of ether oxygens (including phenoxy) is 3. The molecule has 4 aromatic rings. The fourth-order valence-electron chi connectivity index (χ4n) is 3.28. The minimum Gasteiger partial charge on any atom is -0.489 e. The first kappa shape index (κ1) is 18.7. The van der Waals surface area contributed by atoms with Gasteiger partial charge in [-0.25, -0.2) is 5.43 Å². The van der Waals surface area contributed by atoms with Crippen molar-refractivity contribution in [3.8, 4) is 17.2 Å². The zero-order chi connectivity index (χ0) is 21.0. The fraction of sp³-hybridized carbons (Fsp3) is 0.0833. The van der Waals surface area contributed by atoms with Crippen LogP contribution in [0.1, 0.15) is 21.6 Å². The molecule has 1 aliphatic heterocycles. The van der Waals surface area contributed by atoms with E-state index < -0.39 is 0 Å². The number of aromatic nitrogens is 1. The van der Waals surface area contributed by atoms with E-state index in [-0.39, 0.29) is 12.7 Å². The molecule has 0 saturated heterocycles. The average Bonchev–Trinajstić information content (AvgIpc) is 3.44. The molecule has 154 valence electrons. The normalized spacial score (nSPS) is 12.4. The van der Waals surface area contributed by atoms with Crippen LogP contribution in [0.5, 0.6) is 17.2 Å². The van der Waals surface area contributed by atoms with Gasteiger partial charge in [0.15, 0.2) is 11.5 Å². The third-order valence-corrected chi connectivity index (χ3v) is 4.86. The second-order valence-electron chi connectivity index (χ2n) is 7.02. The maximum absolute atomic E-state index is 12.5. The van der Waals surface area contributed by atoms with Crippen molar-refractivity contribution in [3.63, 3.8) is 0 Å². The minimum absolute atomic E-state index is 0.214. The van der Waals surface area contributed by atoms with Crippen LogP contribution in [0, 0.1) is 0 Å². The molecule has 1 aliphatic rings. The van der Waals surface area contributed by atoms with Crippen LogP contribution in [0.3, 0.4) is 0 Å². The summed E-state index contributed by atoms with van der Waals surface area (Å²) < 4.78 is 16.5. The van der Waals surface area contributed by atoms with Gasteiger partial charge in [-0.15, -0.1) is 0 Å². The monoisotopic (exact) mass is 413 g/mol. The second-order valence-corrected chi connectivity index (χ2v) is 7.02. The molecule has 31 heavy (non-hydrogen) atoms. The summed E-state index contributed by atoms with van der Waals surface area (Å²) in [5, 5.41) is 4.91. The summed E-state index contributed by atoms with van der Waals surface area (Å²) in [7, 11) is 0. The molecule has 0 atom stereocenters. The van der Waals surface area contributed by atoms with E-state index in [0.29, 0.717) is 23.8 Å². The summed E-state index contributed by atoms with van der Waals surface area (Å²) in [6.07, 6.45) is 1.55. The van der Waals surface area contributed by atoms with E-state index in [9.17, 15) is 4.79 Å². The SMILES string of the molecule is O=C(N/N=C/c1ccc2c(c1)OCO2)c1cc2cc(OCc3ccccc3)ccc2[nH]1. The lowest BCUT2D eigenvalue weighted by atomic mass is 10.2. The van der Waals surface area contributed by atoms with Crippen molar-refractivity contribution in [2.75, 3.05) is 6.79 Å². The third kappa shape index (κ3) is 4.20. The number of amides is 1. The Labute approximate surface area is 178 Å². The Morgan fingerprint density at radius 3 is 2.81 bits per heavy atom. The lowest BCUT2D eigenvalue weighted by Crippen LogP contribution is -2.17. The number of aromatic amines is 1. The van der Waals surface area contributed by atoms with Crippen molar-refractivity contribution in [2.24, 2.45) is 5.10 Å². The van der Waals surface area contributed by atoms with Gasteiger partial charge in [-0.2, -0.15) is 5.10 Å². The van der Waals surface area contributed by atoms with Gasteiger partial charge in [0, 0.05) is 10.9 Å². The summed E-state index contributed by atoms with van der Waals surface area (Å²) >= 11 is 0. The maximum Gasteiger partial charge on any atom is 0.287 e. The van der Waals surface area contributed by atoms with Crippen LogP contribution >= 0.6 is 0 Å². The van der Waals surface area contributed by atoms with Gasteiger partial charge < -0.3 is 19.2 Å². The van der Waals surface area contributed by atoms with Crippen LogP contribution in [0.4, 0.5) is 0 Å². The molecule has 1 aromatic heterocycles. The molecular weight excluding hydrogens is 394 g/mol. The number of carbonyl (C=O) groups excluding carboxylic acids is 1. The topological polar surface area (TPSA) is 84.9 Å². The second kappa shape index (κ2) is 8.23. The average molecular weight is 413 g/mol. The van der Waals surface area contributed by atoms with E-state index >= 15 is 0 Å². The van der Waals surface area contributed by atoms with Gasteiger partial charge in [-0.05, 0) is 53.6 Å². The molecule has 0 unspecified atom stereocenters. The Hall–Kier alpha value is -4.26. The number of H-pyrrole nitrogens is 1. The molecule has 0 radical (unpaired) electrons. The van der Waals surface area contributed by atoms with E-state index in [4.69, 9.17) is 14.2 Å². The number of nitrogens with one attached hydrogen (secondary N) is 2. The molecule has 1 amide bonds. The summed E-state index contributed by atoms with van der Waals surface area (Å²) in [6.45, 7) is 0.699. The summed E-state index contributed by atoms with van der Waals surface area (Å²) in [4.78, 5) is 15.6. The van der Waals surface area contributed by atoms with Crippen molar-refractivity contribution in [1.29, 1.82) is 0 Å². The van der Waals surface area contributed by atoms with Crippen LogP contribution < -0.4 is 19.6 Å². The Balaban J connectivity index is 1.23. The Bertz CT molecular complexity index is 1260. The largest absolute Gasteiger partial charge is 0.489 e. The fourth-order valence-corrected chi connectivity index (χ4v) is 3.28. The predicted octanol–water partition coefficient (Wildman–Crippen LogP) is 4.24. The highest BCUT2D eigenvalue weighted by Gasteiger charge is 2.13. The molecule has 0 aliphatic carbocycles. The molecule has 0 bridgehead atoms. The maximum atomic E-state index is 12.5. The van der Waals surface area contributed by atoms with Gasteiger partial charge >= 0.3 is 0 Å². The molecule has 7 nitrogen and oxygen atoms in total. The lowest BCUT2D eigenvalue weighted by molar-refractivity contribution is 0.0951.